The van der Waals surface area contributed by atoms with E-state index in [0.717, 1.165) is 5.69 Å². The summed E-state index contributed by atoms with van der Waals surface area (Å²) >= 11 is 0. The van der Waals surface area contributed by atoms with Crippen molar-refractivity contribution in [3.05, 3.63) is 30.1 Å². The van der Waals surface area contributed by atoms with Crippen molar-refractivity contribution < 1.29 is 8.42 Å². The summed E-state index contributed by atoms with van der Waals surface area (Å²) in [5.74, 6) is -0.0118. The maximum Gasteiger partial charge on any atom is 0.214 e. The number of nitrogens with zero attached hydrogens (tertiary/aromatic N) is 2. The zero-order chi connectivity index (χ0) is 14.5. The molecule has 7 heteroatoms. The van der Waals surface area contributed by atoms with Gasteiger partial charge >= 0.3 is 0 Å². The molecule has 0 aliphatic heterocycles. The fourth-order valence-corrected chi connectivity index (χ4v) is 3.02. The Morgan fingerprint density at radius 1 is 1.53 bits per heavy atom. The first-order chi connectivity index (χ1) is 8.83. The molecule has 106 valence electrons. The van der Waals surface area contributed by atoms with Gasteiger partial charge in [-0.25, -0.2) is 12.7 Å². The molecule has 1 atom stereocenters. The third kappa shape index (κ3) is 4.96. The van der Waals surface area contributed by atoms with Gasteiger partial charge in [-0.15, -0.1) is 0 Å². The number of rotatable bonds is 7. The average Bonchev–Trinajstić information content (AvgIpc) is 2.36. The zero-order valence-corrected chi connectivity index (χ0v) is 12.0. The Balaban J connectivity index is 2.63. The van der Waals surface area contributed by atoms with E-state index < -0.39 is 10.0 Å². The Morgan fingerprint density at radius 3 is 2.74 bits per heavy atom. The summed E-state index contributed by atoms with van der Waals surface area (Å²) in [6.07, 6.45) is 2.25. The monoisotopic (exact) mass is 284 g/mol. The predicted octanol–water partition coefficient (Wildman–Crippen LogP) is 0.600. The van der Waals surface area contributed by atoms with E-state index in [4.69, 9.17) is 11.1 Å². The van der Waals surface area contributed by atoms with Crippen LogP contribution in [0.5, 0.6) is 0 Å². The van der Waals surface area contributed by atoms with Crippen LogP contribution in [0.3, 0.4) is 0 Å². The van der Waals surface area contributed by atoms with Gasteiger partial charge < -0.3 is 5.73 Å². The van der Waals surface area contributed by atoms with Crippen molar-refractivity contribution in [2.75, 3.05) is 12.8 Å². The van der Waals surface area contributed by atoms with Crippen LogP contribution in [-0.2, 0) is 16.4 Å². The largest absolute Gasteiger partial charge is 0.388 e. The van der Waals surface area contributed by atoms with E-state index in [1.54, 1.807) is 25.3 Å². The predicted molar refractivity (Wildman–Crippen MR) is 75.5 cm³/mol. The summed E-state index contributed by atoms with van der Waals surface area (Å²) in [5.41, 5.74) is 6.04. The minimum atomic E-state index is -3.36. The number of sulfonamides is 1. The lowest BCUT2D eigenvalue weighted by molar-refractivity contribution is 0.395. The fraction of sp³-hybridized carbons (Fsp3) is 0.500. The van der Waals surface area contributed by atoms with Crippen molar-refractivity contribution in [2.45, 2.75) is 25.8 Å². The molecule has 3 N–H and O–H groups in total. The molecule has 1 rings (SSSR count). The molecule has 6 nitrogen and oxygen atoms in total. The number of pyridine rings is 1. The molecule has 1 heterocycles. The summed E-state index contributed by atoms with van der Waals surface area (Å²) in [4.78, 5) is 4.10. The molecule has 1 aromatic heterocycles. The third-order valence-corrected chi connectivity index (χ3v) is 4.87. The first-order valence-electron chi connectivity index (χ1n) is 6.01. The van der Waals surface area contributed by atoms with E-state index in [1.165, 1.54) is 11.4 Å². The Kier molecular flexibility index (Phi) is 5.44. The lowest BCUT2D eigenvalue weighted by atomic mass is 10.2. The average molecular weight is 284 g/mol. The summed E-state index contributed by atoms with van der Waals surface area (Å²) in [7, 11) is -1.85. The second-order valence-corrected chi connectivity index (χ2v) is 6.63. The van der Waals surface area contributed by atoms with Crippen LogP contribution >= 0.6 is 0 Å². The van der Waals surface area contributed by atoms with E-state index in [1.807, 2.05) is 6.07 Å². The van der Waals surface area contributed by atoms with E-state index >= 15 is 0 Å². The summed E-state index contributed by atoms with van der Waals surface area (Å²) < 4.78 is 25.5. The number of aryl methyl sites for hydroxylation is 1. The van der Waals surface area contributed by atoms with E-state index in [-0.39, 0.29) is 24.1 Å². The lowest BCUT2D eigenvalue weighted by Crippen LogP contribution is -2.39. The second-order valence-electron chi connectivity index (χ2n) is 4.48. The van der Waals surface area contributed by atoms with Crippen LogP contribution in [0.25, 0.3) is 0 Å². The molecule has 1 aromatic rings. The van der Waals surface area contributed by atoms with Crippen LogP contribution in [0.15, 0.2) is 24.4 Å². The van der Waals surface area contributed by atoms with E-state index in [2.05, 4.69) is 4.98 Å². The fourth-order valence-electron chi connectivity index (χ4n) is 1.64. The summed E-state index contributed by atoms with van der Waals surface area (Å²) in [6, 6.07) is 5.11. The molecule has 0 bridgehead atoms. The quantitative estimate of drug-likeness (QED) is 0.565. The van der Waals surface area contributed by atoms with Crippen molar-refractivity contribution in [1.82, 2.24) is 9.29 Å². The molecule has 0 radical (unpaired) electrons. The van der Waals surface area contributed by atoms with Gasteiger partial charge in [-0.3, -0.25) is 10.4 Å². The van der Waals surface area contributed by atoms with Gasteiger partial charge in [0.05, 0.1) is 11.6 Å². The normalized spacial score (nSPS) is 13.4. The van der Waals surface area contributed by atoms with Gasteiger partial charge in [-0.05, 0) is 19.1 Å². The minimum Gasteiger partial charge on any atom is -0.388 e. The Labute approximate surface area is 114 Å². The van der Waals surface area contributed by atoms with Crippen LogP contribution in [-0.4, -0.2) is 42.4 Å². The number of amidine groups is 1. The molecule has 0 aliphatic rings. The highest BCUT2D eigenvalue weighted by atomic mass is 32.2. The molecular weight excluding hydrogens is 264 g/mol. The molecule has 19 heavy (non-hydrogen) atoms. The highest BCUT2D eigenvalue weighted by Gasteiger charge is 2.23. The van der Waals surface area contributed by atoms with Crippen molar-refractivity contribution in [3.63, 3.8) is 0 Å². The highest BCUT2D eigenvalue weighted by Crippen LogP contribution is 2.09. The van der Waals surface area contributed by atoms with E-state index in [0.29, 0.717) is 6.42 Å². The van der Waals surface area contributed by atoms with Crippen molar-refractivity contribution in [1.29, 1.82) is 5.41 Å². The van der Waals surface area contributed by atoms with Gasteiger partial charge in [-0.1, -0.05) is 6.07 Å². The molecule has 0 aromatic carbocycles. The van der Waals surface area contributed by atoms with Crippen LogP contribution in [0.4, 0.5) is 0 Å². The molecule has 0 saturated heterocycles. The van der Waals surface area contributed by atoms with Crippen LogP contribution in [0.2, 0.25) is 0 Å². The maximum atomic E-state index is 12.1. The molecule has 0 saturated carbocycles. The Bertz CT molecular complexity index is 516. The van der Waals surface area contributed by atoms with Crippen LogP contribution in [0, 0.1) is 5.41 Å². The van der Waals surface area contributed by atoms with Gasteiger partial charge in [-0.2, -0.15) is 0 Å². The summed E-state index contributed by atoms with van der Waals surface area (Å²) in [6.45, 7) is 1.74. The second kappa shape index (κ2) is 6.63. The minimum absolute atomic E-state index is 0.00274. The van der Waals surface area contributed by atoms with Gasteiger partial charge in [0.25, 0.3) is 0 Å². The zero-order valence-electron chi connectivity index (χ0n) is 11.2. The molecular formula is C12H20N4O2S. The van der Waals surface area contributed by atoms with Crippen molar-refractivity contribution in [2.24, 2.45) is 5.73 Å². The molecule has 0 amide bonds. The third-order valence-electron chi connectivity index (χ3n) is 2.92. The topological polar surface area (TPSA) is 100 Å². The first kappa shape index (κ1) is 15.6. The Morgan fingerprint density at radius 2 is 2.21 bits per heavy atom. The highest BCUT2D eigenvalue weighted by molar-refractivity contribution is 7.89. The van der Waals surface area contributed by atoms with Crippen LogP contribution in [0.1, 0.15) is 19.0 Å². The Hall–Kier alpha value is -1.47. The first-order valence-corrected chi connectivity index (χ1v) is 7.62. The van der Waals surface area contributed by atoms with Crippen molar-refractivity contribution in [3.8, 4) is 0 Å². The number of nitrogens with one attached hydrogen (secondary N) is 1. The van der Waals surface area contributed by atoms with Crippen LogP contribution < -0.4 is 5.73 Å². The van der Waals surface area contributed by atoms with Gasteiger partial charge in [0, 0.05) is 37.8 Å². The lowest BCUT2D eigenvalue weighted by Gasteiger charge is -2.23. The number of aromatic nitrogens is 1. The molecule has 1 unspecified atom stereocenters. The van der Waals surface area contributed by atoms with Crippen molar-refractivity contribution >= 4 is 15.9 Å². The summed E-state index contributed by atoms with van der Waals surface area (Å²) in [5, 5.41) is 7.21. The van der Waals surface area contributed by atoms with Gasteiger partial charge in [0.1, 0.15) is 0 Å². The number of hydrogen-bond acceptors (Lipinski definition) is 4. The molecule has 0 aliphatic carbocycles. The van der Waals surface area contributed by atoms with E-state index in [9.17, 15) is 8.42 Å². The molecule has 0 spiro atoms. The number of hydrogen-bond donors (Lipinski definition) is 2. The molecule has 0 fully saturated rings. The van der Waals surface area contributed by atoms with Gasteiger partial charge in [0.15, 0.2) is 0 Å². The maximum absolute atomic E-state index is 12.1. The smallest absolute Gasteiger partial charge is 0.214 e. The standard InChI is InChI=1S/C12H20N4O2S/c1-10(9-12(13)14)16(2)19(17,18)8-6-11-5-3-4-7-15-11/h3-5,7,10H,6,8-9H2,1-2H3,(H3,13,14). The van der Waals surface area contributed by atoms with Gasteiger partial charge in [0.2, 0.25) is 10.0 Å². The SMILES string of the molecule is CC(CC(=N)N)N(C)S(=O)(=O)CCc1ccccn1. The number of nitrogens with two attached hydrogens (primary N) is 1.